The van der Waals surface area contributed by atoms with E-state index < -0.39 is 0 Å². The molecule has 0 aliphatic carbocycles. The quantitative estimate of drug-likeness (QED) is 0.722. The van der Waals surface area contributed by atoms with Gasteiger partial charge in [0, 0.05) is 31.8 Å². The SMILES string of the molecule is CCOCCN1CC(CC(C)C)NCCC1C. The third kappa shape index (κ3) is 5.84. The molecule has 2 atom stereocenters. The van der Waals surface area contributed by atoms with Crippen LogP contribution in [0.4, 0.5) is 0 Å². The molecule has 1 saturated heterocycles. The van der Waals surface area contributed by atoms with Gasteiger partial charge in [-0.1, -0.05) is 13.8 Å². The summed E-state index contributed by atoms with van der Waals surface area (Å²) in [6.07, 6.45) is 2.53. The minimum atomic E-state index is 0.654. The molecule has 0 saturated carbocycles. The van der Waals surface area contributed by atoms with E-state index in [2.05, 4.69) is 37.9 Å². The Morgan fingerprint density at radius 3 is 2.82 bits per heavy atom. The number of hydrogen-bond donors (Lipinski definition) is 1. The molecule has 1 rings (SSSR count). The van der Waals surface area contributed by atoms with Gasteiger partial charge in [-0.25, -0.2) is 0 Å². The van der Waals surface area contributed by atoms with Gasteiger partial charge in [-0.05, 0) is 39.2 Å². The summed E-state index contributed by atoms with van der Waals surface area (Å²) < 4.78 is 5.48. The summed E-state index contributed by atoms with van der Waals surface area (Å²) in [6, 6.07) is 1.33. The summed E-state index contributed by atoms with van der Waals surface area (Å²) >= 11 is 0. The maximum absolute atomic E-state index is 5.48. The van der Waals surface area contributed by atoms with Crippen molar-refractivity contribution in [3.63, 3.8) is 0 Å². The topological polar surface area (TPSA) is 24.5 Å². The maximum atomic E-state index is 5.48. The van der Waals surface area contributed by atoms with Gasteiger partial charge >= 0.3 is 0 Å². The molecule has 1 heterocycles. The van der Waals surface area contributed by atoms with Crippen molar-refractivity contribution in [3.05, 3.63) is 0 Å². The van der Waals surface area contributed by atoms with Crippen LogP contribution in [-0.4, -0.2) is 49.8 Å². The van der Waals surface area contributed by atoms with E-state index in [0.29, 0.717) is 12.1 Å². The van der Waals surface area contributed by atoms with E-state index in [1.165, 1.54) is 19.4 Å². The molecule has 0 amide bonds. The molecule has 0 aromatic carbocycles. The molecule has 1 N–H and O–H groups in total. The Morgan fingerprint density at radius 2 is 2.18 bits per heavy atom. The molecule has 2 unspecified atom stereocenters. The lowest BCUT2D eigenvalue weighted by atomic mass is 10.0. The van der Waals surface area contributed by atoms with E-state index >= 15 is 0 Å². The Balaban J connectivity index is 2.40. The molecule has 1 aliphatic rings. The zero-order valence-corrected chi connectivity index (χ0v) is 12.0. The van der Waals surface area contributed by atoms with Gasteiger partial charge in [0.1, 0.15) is 0 Å². The van der Waals surface area contributed by atoms with Crippen LogP contribution in [0, 0.1) is 5.92 Å². The first-order chi connectivity index (χ1) is 8.13. The molecular weight excluding hydrogens is 212 g/mol. The Labute approximate surface area is 107 Å². The van der Waals surface area contributed by atoms with Gasteiger partial charge in [-0.15, -0.1) is 0 Å². The molecule has 17 heavy (non-hydrogen) atoms. The van der Waals surface area contributed by atoms with E-state index in [1.807, 2.05) is 0 Å². The highest BCUT2D eigenvalue weighted by molar-refractivity contribution is 4.81. The molecular formula is C14H30N2O. The lowest BCUT2D eigenvalue weighted by molar-refractivity contribution is 0.0954. The Hall–Kier alpha value is -0.120. The molecule has 0 radical (unpaired) electrons. The first-order valence-electron chi connectivity index (χ1n) is 7.18. The Bertz CT molecular complexity index is 197. The third-order valence-corrected chi connectivity index (χ3v) is 3.56. The van der Waals surface area contributed by atoms with Crippen molar-refractivity contribution < 1.29 is 4.74 Å². The molecule has 3 nitrogen and oxygen atoms in total. The molecule has 3 heteroatoms. The number of ether oxygens (including phenoxy) is 1. The molecule has 0 aromatic rings. The van der Waals surface area contributed by atoms with Gasteiger partial charge in [0.15, 0.2) is 0 Å². The van der Waals surface area contributed by atoms with Crippen LogP contribution in [0.2, 0.25) is 0 Å². The average molecular weight is 242 g/mol. The van der Waals surface area contributed by atoms with Crippen LogP contribution in [0.5, 0.6) is 0 Å². The highest BCUT2D eigenvalue weighted by Crippen LogP contribution is 2.13. The summed E-state index contributed by atoms with van der Waals surface area (Å²) in [6.45, 7) is 14.1. The van der Waals surface area contributed by atoms with Crippen molar-refractivity contribution in [2.75, 3.05) is 32.8 Å². The van der Waals surface area contributed by atoms with Gasteiger partial charge in [0.05, 0.1) is 6.61 Å². The van der Waals surface area contributed by atoms with Crippen LogP contribution < -0.4 is 5.32 Å². The molecule has 102 valence electrons. The normalized spacial score (nSPS) is 27.4. The minimum Gasteiger partial charge on any atom is -0.380 e. The fourth-order valence-electron chi connectivity index (χ4n) is 2.57. The van der Waals surface area contributed by atoms with Crippen LogP contribution in [0.3, 0.4) is 0 Å². The van der Waals surface area contributed by atoms with E-state index in [-0.39, 0.29) is 0 Å². The fourth-order valence-corrected chi connectivity index (χ4v) is 2.57. The number of hydrogen-bond acceptors (Lipinski definition) is 3. The smallest absolute Gasteiger partial charge is 0.0593 e. The van der Waals surface area contributed by atoms with E-state index in [1.54, 1.807) is 0 Å². The average Bonchev–Trinajstić information content (AvgIpc) is 2.41. The minimum absolute atomic E-state index is 0.654. The van der Waals surface area contributed by atoms with Crippen molar-refractivity contribution in [2.45, 2.75) is 52.6 Å². The van der Waals surface area contributed by atoms with Crippen molar-refractivity contribution in [1.29, 1.82) is 0 Å². The first-order valence-corrected chi connectivity index (χ1v) is 7.18. The molecule has 1 aliphatic heterocycles. The lowest BCUT2D eigenvalue weighted by Gasteiger charge is -2.29. The lowest BCUT2D eigenvalue weighted by Crippen LogP contribution is -2.42. The third-order valence-electron chi connectivity index (χ3n) is 3.56. The van der Waals surface area contributed by atoms with Gasteiger partial charge in [-0.2, -0.15) is 0 Å². The summed E-state index contributed by atoms with van der Waals surface area (Å²) in [7, 11) is 0. The second-order valence-corrected chi connectivity index (χ2v) is 5.61. The monoisotopic (exact) mass is 242 g/mol. The Kier molecular flexibility index (Phi) is 7.09. The van der Waals surface area contributed by atoms with Crippen molar-refractivity contribution in [3.8, 4) is 0 Å². The first kappa shape index (κ1) is 14.9. The predicted octanol–water partition coefficient (Wildman–Crippen LogP) is 2.12. The summed E-state index contributed by atoms with van der Waals surface area (Å²) in [5, 5.41) is 3.68. The number of nitrogens with zero attached hydrogens (tertiary/aromatic N) is 1. The van der Waals surface area contributed by atoms with Crippen molar-refractivity contribution >= 4 is 0 Å². The standard InChI is InChI=1S/C14H30N2O/c1-5-17-9-8-16-11-14(10-12(2)3)15-7-6-13(16)4/h12-15H,5-11H2,1-4H3. The van der Waals surface area contributed by atoms with E-state index in [9.17, 15) is 0 Å². The van der Waals surface area contributed by atoms with Gasteiger partial charge in [-0.3, -0.25) is 4.90 Å². The summed E-state index contributed by atoms with van der Waals surface area (Å²) in [5.74, 6) is 0.773. The molecule has 0 aromatic heterocycles. The highest BCUT2D eigenvalue weighted by Gasteiger charge is 2.22. The molecule has 0 bridgehead atoms. The summed E-state index contributed by atoms with van der Waals surface area (Å²) in [5.41, 5.74) is 0. The number of nitrogens with one attached hydrogen (secondary N) is 1. The highest BCUT2D eigenvalue weighted by atomic mass is 16.5. The second-order valence-electron chi connectivity index (χ2n) is 5.61. The Morgan fingerprint density at radius 1 is 1.41 bits per heavy atom. The molecule has 1 fully saturated rings. The van der Waals surface area contributed by atoms with Gasteiger partial charge in [0.25, 0.3) is 0 Å². The van der Waals surface area contributed by atoms with E-state index in [0.717, 1.165) is 32.2 Å². The van der Waals surface area contributed by atoms with Gasteiger partial charge < -0.3 is 10.1 Å². The van der Waals surface area contributed by atoms with Crippen molar-refractivity contribution in [1.82, 2.24) is 10.2 Å². The van der Waals surface area contributed by atoms with Crippen molar-refractivity contribution in [2.24, 2.45) is 5.92 Å². The summed E-state index contributed by atoms with van der Waals surface area (Å²) in [4.78, 5) is 2.59. The molecule has 0 spiro atoms. The number of rotatable bonds is 6. The van der Waals surface area contributed by atoms with Crippen LogP contribution in [0.1, 0.15) is 40.5 Å². The van der Waals surface area contributed by atoms with Crippen LogP contribution >= 0.6 is 0 Å². The van der Waals surface area contributed by atoms with Crippen LogP contribution in [0.25, 0.3) is 0 Å². The zero-order valence-electron chi connectivity index (χ0n) is 12.0. The van der Waals surface area contributed by atoms with Crippen LogP contribution in [-0.2, 0) is 4.74 Å². The van der Waals surface area contributed by atoms with Gasteiger partial charge in [0.2, 0.25) is 0 Å². The maximum Gasteiger partial charge on any atom is 0.0593 e. The largest absolute Gasteiger partial charge is 0.380 e. The van der Waals surface area contributed by atoms with E-state index in [4.69, 9.17) is 4.74 Å². The predicted molar refractivity (Wildman–Crippen MR) is 73.4 cm³/mol. The zero-order chi connectivity index (χ0) is 12.7. The van der Waals surface area contributed by atoms with Crippen LogP contribution in [0.15, 0.2) is 0 Å². The second kappa shape index (κ2) is 8.06. The fraction of sp³-hybridized carbons (Fsp3) is 1.00.